The molecule has 11 heteroatoms. The Bertz CT molecular complexity index is 778. The highest BCUT2D eigenvalue weighted by Crippen LogP contribution is 2.38. The Kier molecular flexibility index (Phi) is 6.11. The summed E-state index contributed by atoms with van der Waals surface area (Å²) in [4.78, 5) is 25.0. The number of alkyl halides is 3. The van der Waals surface area contributed by atoms with Crippen LogP contribution in [0.25, 0.3) is 0 Å². The maximum atomic E-state index is 14.1. The maximum absolute atomic E-state index is 14.1. The predicted molar refractivity (Wildman–Crippen MR) is 88.5 cm³/mol. The zero-order valence-corrected chi connectivity index (χ0v) is 15.6. The summed E-state index contributed by atoms with van der Waals surface area (Å²) in [6.07, 6.45) is -4.81. The Hall–Kier alpha value is -1.89. The molecule has 2 rings (SSSR count). The third-order valence-electron chi connectivity index (χ3n) is 3.46. The van der Waals surface area contributed by atoms with Crippen LogP contribution in [-0.2, 0) is 30.0 Å². The molecule has 0 atom stereocenters. The molecule has 0 amide bonds. The van der Waals surface area contributed by atoms with Gasteiger partial charge in [-0.05, 0) is 34.7 Å². The Balaban J connectivity index is 2.71. The average molecular weight is 489 g/mol. The highest BCUT2D eigenvalue weighted by Gasteiger charge is 2.37. The van der Waals surface area contributed by atoms with Crippen LogP contribution in [0.4, 0.5) is 23.2 Å². The Morgan fingerprint density at radius 1 is 1.19 bits per heavy atom. The molecule has 0 radical (unpaired) electrons. The van der Waals surface area contributed by atoms with Crippen molar-refractivity contribution in [1.82, 2.24) is 0 Å². The van der Waals surface area contributed by atoms with Crippen molar-refractivity contribution in [3.8, 4) is 0 Å². The molecule has 0 bridgehead atoms. The molecule has 142 valence electrons. The minimum Gasteiger partial charge on any atom is -0.466 e. The highest BCUT2D eigenvalue weighted by atomic mass is 127. The minimum atomic E-state index is -4.81. The van der Waals surface area contributed by atoms with Gasteiger partial charge in [0.25, 0.3) is 0 Å². The highest BCUT2D eigenvalue weighted by molar-refractivity contribution is 14.1. The molecule has 0 saturated heterocycles. The van der Waals surface area contributed by atoms with Crippen LogP contribution >= 0.6 is 22.6 Å². The first-order valence-corrected chi connectivity index (χ1v) is 8.01. The normalized spacial score (nSPS) is 15.1. The Labute approximate surface area is 158 Å². The second kappa shape index (κ2) is 7.78. The zero-order chi connectivity index (χ0) is 19.6. The number of hydrogen-bond acceptors (Lipinski definition) is 6. The third-order valence-corrected chi connectivity index (χ3v) is 4.53. The number of ether oxygens (including phenoxy) is 3. The standard InChI is InChI=1S/C15H12F4INO5/c1-24-13(22)8-5-26-6-21(12(8)14(23)25-2)10-4-7(15(17,18)19)3-9(16)11(10)20/h3-4H,5-6H2,1-2H3. The van der Waals surface area contributed by atoms with Gasteiger partial charge < -0.3 is 19.1 Å². The lowest BCUT2D eigenvalue weighted by Gasteiger charge is -2.32. The van der Waals surface area contributed by atoms with Crippen molar-refractivity contribution in [1.29, 1.82) is 0 Å². The molecule has 0 aliphatic carbocycles. The molecular formula is C15H12F4INO5. The third kappa shape index (κ3) is 3.92. The van der Waals surface area contributed by atoms with Crippen molar-refractivity contribution in [2.24, 2.45) is 0 Å². The van der Waals surface area contributed by atoms with Gasteiger partial charge in [-0.2, -0.15) is 13.2 Å². The fourth-order valence-electron chi connectivity index (χ4n) is 2.27. The van der Waals surface area contributed by atoms with Gasteiger partial charge in [-0.25, -0.2) is 14.0 Å². The smallest absolute Gasteiger partial charge is 0.416 e. The van der Waals surface area contributed by atoms with E-state index in [2.05, 4.69) is 9.47 Å². The van der Waals surface area contributed by atoms with E-state index in [-0.39, 0.29) is 33.9 Å². The number of anilines is 1. The number of carbonyl (C=O) groups excluding carboxylic acids is 2. The lowest BCUT2D eigenvalue weighted by molar-refractivity contribution is -0.140. The second-order valence-corrected chi connectivity index (χ2v) is 6.08. The molecule has 1 aromatic carbocycles. The van der Waals surface area contributed by atoms with E-state index in [1.165, 1.54) is 22.6 Å². The van der Waals surface area contributed by atoms with Crippen molar-refractivity contribution >= 4 is 40.2 Å². The van der Waals surface area contributed by atoms with Crippen molar-refractivity contribution in [3.63, 3.8) is 0 Å². The fraction of sp³-hybridized carbons (Fsp3) is 0.333. The molecule has 1 aliphatic heterocycles. The first kappa shape index (κ1) is 20.4. The van der Waals surface area contributed by atoms with Gasteiger partial charge in [0.15, 0.2) is 0 Å². The van der Waals surface area contributed by atoms with Gasteiger partial charge in [0, 0.05) is 0 Å². The average Bonchev–Trinajstić information content (AvgIpc) is 2.60. The molecule has 6 nitrogen and oxygen atoms in total. The van der Waals surface area contributed by atoms with Crippen LogP contribution in [-0.4, -0.2) is 39.5 Å². The molecule has 1 heterocycles. The number of carbonyl (C=O) groups is 2. The fourth-order valence-corrected chi connectivity index (χ4v) is 2.87. The summed E-state index contributed by atoms with van der Waals surface area (Å²) < 4.78 is 67.3. The summed E-state index contributed by atoms with van der Waals surface area (Å²) in [6.45, 7) is -0.701. The number of rotatable bonds is 3. The molecule has 0 unspecified atom stereocenters. The number of nitrogens with zero attached hydrogens (tertiary/aromatic N) is 1. The second-order valence-electron chi connectivity index (χ2n) is 5.00. The SMILES string of the molecule is COC(=O)C1=C(C(=O)OC)N(c2cc(C(F)(F)F)cc(F)c2I)COC1. The van der Waals surface area contributed by atoms with Gasteiger partial charge >= 0.3 is 18.1 Å². The van der Waals surface area contributed by atoms with Gasteiger partial charge in [-0.3, -0.25) is 0 Å². The van der Waals surface area contributed by atoms with E-state index in [1.54, 1.807) is 0 Å². The van der Waals surface area contributed by atoms with Gasteiger partial charge in [0.1, 0.15) is 18.2 Å². The topological polar surface area (TPSA) is 65.1 Å². The molecule has 1 aliphatic rings. The number of esters is 2. The Morgan fingerprint density at radius 2 is 1.81 bits per heavy atom. The first-order valence-electron chi connectivity index (χ1n) is 6.93. The number of hydrogen-bond donors (Lipinski definition) is 0. The summed E-state index contributed by atoms with van der Waals surface area (Å²) in [5.74, 6) is -3.05. The van der Waals surface area contributed by atoms with Crippen LogP contribution in [0.3, 0.4) is 0 Å². The van der Waals surface area contributed by atoms with Crippen molar-refractivity contribution < 1.29 is 41.4 Å². The lowest BCUT2D eigenvalue weighted by atomic mass is 10.1. The van der Waals surface area contributed by atoms with Crippen LogP contribution < -0.4 is 4.90 Å². The first-order chi connectivity index (χ1) is 12.1. The van der Waals surface area contributed by atoms with E-state index in [0.29, 0.717) is 12.1 Å². The van der Waals surface area contributed by atoms with Crippen molar-refractivity contribution in [2.75, 3.05) is 32.5 Å². The summed E-state index contributed by atoms with van der Waals surface area (Å²) >= 11 is 1.50. The Morgan fingerprint density at radius 3 is 2.35 bits per heavy atom. The molecule has 26 heavy (non-hydrogen) atoms. The minimum absolute atomic E-state index is 0.188. The molecule has 0 aromatic heterocycles. The van der Waals surface area contributed by atoms with E-state index in [9.17, 15) is 27.2 Å². The quantitative estimate of drug-likeness (QED) is 0.370. The van der Waals surface area contributed by atoms with Gasteiger partial charge in [0.05, 0.1) is 41.2 Å². The summed E-state index contributed by atoms with van der Waals surface area (Å²) in [6, 6.07) is 1.01. The lowest BCUT2D eigenvalue weighted by Crippen LogP contribution is -2.39. The molecule has 0 saturated carbocycles. The van der Waals surface area contributed by atoms with Crippen LogP contribution in [0.1, 0.15) is 5.56 Å². The van der Waals surface area contributed by atoms with Crippen LogP contribution in [0.2, 0.25) is 0 Å². The van der Waals surface area contributed by atoms with E-state index in [1.807, 2.05) is 0 Å². The molecular weight excluding hydrogens is 477 g/mol. The van der Waals surface area contributed by atoms with Crippen LogP contribution in [0.15, 0.2) is 23.4 Å². The number of methoxy groups -OCH3 is 2. The summed E-state index contributed by atoms with van der Waals surface area (Å²) in [5, 5.41) is 0. The predicted octanol–water partition coefficient (Wildman–Crippen LogP) is 2.84. The molecule has 0 spiro atoms. The molecule has 0 fully saturated rings. The van der Waals surface area contributed by atoms with E-state index in [0.717, 1.165) is 19.1 Å². The molecule has 0 N–H and O–H groups in total. The van der Waals surface area contributed by atoms with Crippen LogP contribution in [0, 0.1) is 9.39 Å². The van der Waals surface area contributed by atoms with E-state index in [4.69, 9.17) is 4.74 Å². The number of halogens is 5. The molecule has 1 aromatic rings. The van der Waals surface area contributed by atoms with Gasteiger partial charge in [0.2, 0.25) is 0 Å². The zero-order valence-electron chi connectivity index (χ0n) is 13.4. The van der Waals surface area contributed by atoms with E-state index < -0.39 is 29.5 Å². The largest absolute Gasteiger partial charge is 0.466 e. The maximum Gasteiger partial charge on any atom is 0.416 e. The van der Waals surface area contributed by atoms with Gasteiger partial charge in [-0.15, -0.1) is 0 Å². The van der Waals surface area contributed by atoms with Gasteiger partial charge in [-0.1, -0.05) is 0 Å². The van der Waals surface area contributed by atoms with E-state index >= 15 is 0 Å². The van der Waals surface area contributed by atoms with Crippen LogP contribution in [0.5, 0.6) is 0 Å². The van der Waals surface area contributed by atoms with Crippen molar-refractivity contribution in [3.05, 3.63) is 38.4 Å². The summed E-state index contributed by atoms with van der Waals surface area (Å²) in [7, 11) is 2.10. The monoisotopic (exact) mass is 489 g/mol. The summed E-state index contributed by atoms with van der Waals surface area (Å²) in [5.41, 5.74) is -2.17. The number of benzene rings is 1. The van der Waals surface area contributed by atoms with Crippen molar-refractivity contribution in [2.45, 2.75) is 6.18 Å².